The van der Waals surface area contributed by atoms with Crippen molar-refractivity contribution in [1.82, 2.24) is 10.2 Å². The third kappa shape index (κ3) is 8.86. The summed E-state index contributed by atoms with van der Waals surface area (Å²) in [4.78, 5) is 29.7. The summed E-state index contributed by atoms with van der Waals surface area (Å²) in [7, 11) is -2.73. The molecular formula is C35H38ClN3O5S. The van der Waals surface area contributed by atoms with Gasteiger partial charge in [-0.3, -0.25) is 13.9 Å². The number of methoxy groups -OCH3 is 1. The van der Waals surface area contributed by atoms with Gasteiger partial charge in [0.15, 0.2) is 0 Å². The quantitative estimate of drug-likeness (QED) is 0.192. The summed E-state index contributed by atoms with van der Waals surface area (Å²) < 4.78 is 34.8. The van der Waals surface area contributed by atoms with E-state index in [1.165, 1.54) is 24.1 Å². The predicted octanol–water partition coefficient (Wildman–Crippen LogP) is 6.02. The maximum absolute atomic E-state index is 14.5. The van der Waals surface area contributed by atoms with Crippen molar-refractivity contribution in [3.8, 4) is 5.75 Å². The molecule has 0 fully saturated rings. The first kappa shape index (κ1) is 33.6. The number of nitrogens with zero attached hydrogens (tertiary/aromatic N) is 2. The Balaban J connectivity index is 1.81. The third-order valence-electron chi connectivity index (χ3n) is 7.20. The van der Waals surface area contributed by atoms with Gasteiger partial charge in [0.1, 0.15) is 18.3 Å². The minimum absolute atomic E-state index is 0.0337. The van der Waals surface area contributed by atoms with E-state index in [9.17, 15) is 18.0 Å². The van der Waals surface area contributed by atoms with Crippen LogP contribution in [-0.2, 0) is 32.6 Å². The molecule has 2 amide bonds. The second-order valence-electron chi connectivity index (χ2n) is 11.0. The Morgan fingerprint density at radius 3 is 2.16 bits per heavy atom. The van der Waals surface area contributed by atoms with Gasteiger partial charge in [-0.05, 0) is 68.3 Å². The van der Waals surface area contributed by atoms with Crippen molar-refractivity contribution < 1.29 is 22.7 Å². The van der Waals surface area contributed by atoms with Crippen molar-refractivity contribution in [3.05, 3.63) is 125 Å². The van der Waals surface area contributed by atoms with Crippen molar-refractivity contribution >= 4 is 39.1 Å². The lowest BCUT2D eigenvalue weighted by Gasteiger charge is -2.34. The Morgan fingerprint density at radius 2 is 1.53 bits per heavy atom. The normalized spacial score (nSPS) is 12.0. The highest BCUT2D eigenvalue weighted by Crippen LogP contribution is 2.28. The van der Waals surface area contributed by atoms with Crippen LogP contribution >= 0.6 is 11.6 Å². The lowest BCUT2D eigenvalue weighted by molar-refractivity contribution is -0.140. The van der Waals surface area contributed by atoms with Crippen molar-refractivity contribution in [2.24, 2.45) is 0 Å². The number of halogens is 1. The number of amides is 2. The number of aryl methyl sites for hydroxylation is 1. The molecule has 1 unspecified atom stereocenters. The van der Waals surface area contributed by atoms with E-state index >= 15 is 0 Å². The molecule has 8 nitrogen and oxygen atoms in total. The second kappa shape index (κ2) is 15.1. The third-order valence-corrected chi connectivity index (χ3v) is 9.24. The number of ether oxygens (including phenoxy) is 1. The molecule has 4 aromatic carbocycles. The van der Waals surface area contributed by atoms with E-state index in [0.717, 1.165) is 21.0 Å². The molecule has 4 aromatic rings. The Bertz CT molecular complexity index is 1700. The largest absolute Gasteiger partial charge is 0.497 e. The minimum atomic E-state index is -4.21. The van der Waals surface area contributed by atoms with Crippen LogP contribution in [0.2, 0.25) is 5.02 Å². The van der Waals surface area contributed by atoms with Gasteiger partial charge in [-0.2, -0.15) is 0 Å². The lowest BCUT2D eigenvalue weighted by atomic mass is 10.0. The predicted molar refractivity (Wildman–Crippen MR) is 178 cm³/mol. The van der Waals surface area contributed by atoms with Crippen LogP contribution in [0.5, 0.6) is 5.75 Å². The summed E-state index contributed by atoms with van der Waals surface area (Å²) in [5, 5.41) is 3.48. The number of hydrogen-bond acceptors (Lipinski definition) is 5. The molecule has 10 heteroatoms. The van der Waals surface area contributed by atoms with Gasteiger partial charge in [0.25, 0.3) is 10.0 Å². The van der Waals surface area contributed by atoms with Crippen LogP contribution in [0.1, 0.15) is 30.5 Å². The molecule has 0 spiro atoms. The Kier molecular flexibility index (Phi) is 11.3. The fourth-order valence-corrected chi connectivity index (χ4v) is 6.38. The summed E-state index contributed by atoms with van der Waals surface area (Å²) in [5.41, 5.74) is 2.73. The van der Waals surface area contributed by atoms with Crippen molar-refractivity contribution in [2.75, 3.05) is 18.0 Å². The summed E-state index contributed by atoms with van der Waals surface area (Å²) in [6.45, 7) is 5.05. The van der Waals surface area contributed by atoms with Gasteiger partial charge >= 0.3 is 0 Å². The first-order valence-corrected chi connectivity index (χ1v) is 16.4. The van der Waals surface area contributed by atoms with Crippen LogP contribution in [0.15, 0.2) is 108 Å². The van der Waals surface area contributed by atoms with Gasteiger partial charge in [0, 0.05) is 30.1 Å². The molecule has 1 N–H and O–H groups in total. The molecule has 45 heavy (non-hydrogen) atoms. The number of hydrogen-bond donors (Lipinski definition) is 1. The molecule has 0 aliphatic carbocycles. The molecule has 1 atom stereocenters. The number of benzene rings is 4. The number of carbonyl (C=O) groups is 2. The fourth-order valence-electron chi connectivity index (χ4n) is 4.85. The van der Waals surface area contributed by atoms with Gasteiger partial charge in [0.2, 0.25) is 11.8 Å². The van der Waals surface area contributed by atoms with Crippen LogP contribution in [0.3, 0.4) is 0 Å². The zero-order chi connectivity index (χ0) is 32.6. The molecular weight excluding hydrogens is 610 g/mol. The van der Waals surface area contributed by atoms with Gasteiger partial charge in [-0.25, -0.2) is 8.42 Å². The Morgan fingerprint density at radius 1 is 0.867 bits per heavy atom. The first-order chi connectivity index (χ1) is 21.5. The van der Waals surface area contributed by atoms with Crippen molar-refractivity contribution in [3.63, 3.8) is 0 Å². The average molecular weight is 648 g/mol. The number of rotatable bonds is 13. The van der Waals surface area contributed by atoms with Crippen LogP contribution < -0.4 is 14.4 Å². The molecule has 4 rings (SSSR count). The molecule has 0 bridgehead atoms. The topological polar surface area (TPSA) is 96.0 Å². The van der Waals surface area contributed by atoms with Crippen molar-refractivity contribution in [2.45, 2.75) is 50.7 Å². The van der Waals surface area contributed by atoms with Gasteiger partial charge < -0.3 is 15.0 Å². The monoisotopic (exact) mass is 647 g/mol. The summed E-state index contributed by atoms with van der Waals surface area (Å²) in [5.74, 6) is -0.464. The minimum Gasteiger partial charge on any atom is -0.497 e. The molecule has 0 saturated carbocycles. The maximum Gasteiger partial charge on any atom is 0.264 e. The average Bonchev–Trinajstić information content (AvgIpc) is 3.02. The fraction of sp³-hybridized carbons (Fsp3) is 0.257. The molecule has 0 aliphatic rings. The number of nitrogens with one attached hydrogen (secondary N) is 1. The second-order valence-corrected chi connectivity index (χ2v) is 13.3. The van der Waals surface area contributed by atoms with E-state index in [1.807, 2.05) is 51.1 Å². The van der Waals surface area contributed by atoms with E-state index in [4.69, 9.17) is 16.3 Å². The summed E-state index contributed by atoms with van der Waals surface area (Å²) >= 11 is 6.14. The molecule has 0 aromatic heterocycles. The van der Waals surface area contributed by atoms with E-state index in [2.05, 4.69) is 5.32 Å². The van der Waals surface area contributed by atoms with Gasteiger partial charge in [-0.15, -0.1) is 0 Å². The highest BCUT2D eigenvalue weighted by Gasteiger charge is 2.35. The summed E-state index contributed by atoms with van der Waals surface area (Å²) in [6.07, 6.45) is 0.225. The van der Waals surface area contributed by atoms with Crippen LogP contribution in [0, 0.1) is 6.92 Å². The van der Waals surface area contributed by atoms with Crippen LogP contribution in [-0.4, -0.2) is 50.9 Å². The van der Waals surface area contributed by atoms with Crippen LogP contribution in [0.25, 0.3) is 0 Å². The number of anilines is 1. The van der Waals surface area contributed by atoms with E-state index in [-0.39, 0.29) is 35.5 Å². The zero-order valence-corrected chi connectivity index (χ0v) is 27.4. The lowest BCUT2D eigenvalue weighted by Crippen LogP contribution is -2.54. The first-order valence-electron chi connectivity index (χ1n) is 14.6. The molecule has 236 valence electrons. The number of sulfonamides is 1. The molecule has 0 saturated heterocycles. The SMILES string of the molecule is COc1cccc(N(CC(=O)N(Cc2ccc(Cl)cc2)C(Cc2ccccc2)C(=O)NC(C)C)S(=O)(=O)c2ccc(C)cc2)c1. The smallest absolute Gasteiger partial charge is 0.264 e. The Hall–Kier alpha value is -4.34. The van der Waals surface area contributed by atoms with Crippen LogP contribution in [0.4, 0.5) is 5.69 Å². The molecule has 0 aliphatic heterocycles. The van der Waals surface area contributed by atoms with Gasteiger partial charge in [0.05, 0.1) is 17.7 Å². The molecule has 0 heterocycles. The summed E-state index contributed by atoms with van der Waals surface area (Å²) in [6, 6.07) is 28.3. The Labute approximate surface area is 270 Å². The van der Waals surface area contributed by atoms with Crippen molar-refractivity contribution in [1.29, 1.82) is 0 Å². The highest BCUT2D eigenvalue weighted by atomic mass is 35.5. The van der Waals surface area contributed by atoms with E-state index in [0.29, 0.717) is 10.8 Å². The van der Waals surface area contributed by atoms with E-state index in [1.54, 1.807) is 60.7 Å². The standard InChI is InChI=1S/C35H38ClN3O5S/c1-25(2)37-35(41)33(21-27-9-6-5-7-10-27)38(23-28-15-17-29(36)18-16-28)34(40)24-39(30-11-8-12-31(22-30)44-4)45(42,43)32-19-13-26(3)14-20-32/h5-20,22,25,33H,21,23-24H2,1-4H3,(H,37,41). The van der Waals surface area contributed by atoms with Gasteiger partial charge in [-0.1, -0.05) is 77.8 Å². The molecule has 0 radical (unpaired) electrons. The number of carbonyl (C=O) groups excluding carboxylic acids is 2. The zero-order valence-electron chi connectivity index (χ0n) is 25.8. The van der Waals surface area contributed by atoms with E-state index < -0.39 is 28.5 Å². The highest BCUT2D eigenvalue weighted by molar-refractivity contribution is 7.92. The maximum atomic E-state index is 14.5.